The number of nitrogens with zero attached hydrogens (tertiary/aromatic N) is 1. The second-order valence-electron chi connectivity index (χ2n) is 4.19. The predicted molar refractivity (Wildman–Crippen MR) is 87.6 cm³/mol. The Morgan fingerprint density at radius 1 is 1.43 bits per heavy atom. The van der Waals surface area contributed by atoms with Crippen LogP contribution in [0, 0.1) is 0 Å². The van der Waals surface area contributed by atoms with Crippen molar-refractivity contribution in [3.05, 3.63) is 35.4 Å². The highest BCUT2D eigenvalue weighted by atomic mass is 35.5. The molecule has 1 unspecified atom stereocenters. The largest absolute Gasteiger partial charge is 0.508 e. The van der Waals surface area contributed by atoms with Crippen molar-refractivity contribution >= 4 is 40.8 Å². The molecule has 7 heteroatoms. The average Bonchev–Trinajstić information content (AvgIpc) is 2.38. The molecule has 0 radical (unpaired) electrons. The van der Waals surface area contributed by atoms with Crippen molar-refractivity contribution in [2.24, 2.45) is 10.7 Å². The van der Waals surface area contributed by atoms with Crippen LogP contribution in [0.2, 0.25) is 0 Å². The molecule has 0 bridgehead atoms. The molecule has 1 aliphatic heterocycles. The van der Waals surface area contributed by atoms with E-state index in [-0.39, 0.29) is 18.2 Å². The second-order valence-corrected chi connectivity index (χ2v) is 5.32. The monoisotopic (exact) mass is 328 g/mol. The topological polar surface area (TPSA) is 84.9 Å². The number of halogens is 1. The molecule has 1 aliphatic rings. The maximum Gasteiger partial charge on any atom is 0.341 e. The highest BCUT2D eigenvalue weighted by Crippen LogP contribution is 2.37. The van der Waals surface area contributed by atoms with E-state index in [9.17, 15) is 9.90 Å². The Kier molecular flexibility index (Phi) is 6.26. The normalized spacial score (nSPS) is 17.9. The molecular formula is C14H17ClN2O3S. The Balaban J connectivity index is 0.00000220. The molecule has 0 amide bonds. The lowest BCUT2D eigenvalue weighted by molar-refractivity contribution is -0.137. The summed E-state index contributed by atoms with van der Waals surface area (Å²) < 4.78 is 5.08. The highest BCUT2D eigenvalue weighted by molar-refractivity contribution is 8.09. The minimum Gasteiger partial charge on any atom is -0.508 e. The Bertz CT molecular complexity index is 584. The highest BCUT2D eigenvalue weighted by Gasteiger charge is 2.27. The van der Waals surface area contributed by atoms with Crippen LogP contribution in [0.4, 0.5) is 0 Å². The van der Waals surface area contributed by atoms with Crippen LogP contribution in [0.15, 0.2) is 34.8 Å². The molecule has 0 saturated heterocycles. The van der Waals surface area contributed by atoms with Crippen LogP contribution in [-0.2, 0) is 9.53 Å². The number of esters is 1. The van der Waals surface area contributed by atoms with Gasteiger partial charge >= 0.3 is 5.97 Å². The van der Waals surface area contributed by atoms with Gasteiger partial charge in [-0.3, -0.25) is 4.99 Å². The lowest BCUT2D eigenvalue weighted by atomic mass is 10.1. The van der Waals surface area contributed by atoms with Crippen LogP contribution in [0.1, 0.15) is 19.4 Å². The number of carbonyl (C=O) groups excluding carboxylic acids is 1. The molecule has 21 heavy (non-hydrogen) atoms. The van der Waals surface area contributed by atoms with E-state index in [2.05, 4.69) is 4.99 Å². The van der Waals surface area contributed by atoms with Gasteiger partial charge in [0, 0.05) is 4.91 Å². The summed E-state index contributed by atoms with van der Waals surface area (Å²) in [6, 6.07) is 6.61. The number of aromatic hydroxyl groups is 1. The maximum atomic E-state index is 12.1. The average molecular weight is 329 g/mol. The van der Waals surface area contributed by atoms with Crippen molar-refractivity contribution < 1.29 is 14.6 Å². The minimum absolute atomic E-state index is 0. The summed E-state index contributed by atoms with van der Waals surface area (Å²) in [7, 11) is 0. The van der Waals surface area contributed by atoms with Crippen molar-refractivity contribution in [1.82, 2.24) is 0 Å². The van der Waals surface area contributed by atoms with Crippen molar-refractivity contribution in [3.63, 3.8) is 0 Å². The van der Waals surface area contributed by atoms with Gasteiger partial charge in [0.1, 0.15) is 11.2 Å². The van der Waals surface area contributed by atoms with E-state index in [1.54, 1.807) is 38.1 Å². The van der Waals surface area contributed by atoms with Crippen LogP contribution in [0.3, 0.4) is 0 Å². The zero-order chi connectivity index (χ0) is 14.7. The second kappa shape index (κ2) is 7.49. The van der Waals surface area contributed by atoms with Crippen LogP contribution in [0.25, 0.3) is 4.91 Å². The first-order valence-electron chi connectivity index (χ1n) is 6.20. The van der Waals surface area contributed by atoms with E-state index < -0.39 is 11.5 Å². The van der Waals surface area contributed by atoms with Crippen LogP contribution in [-0.4, -0.2) is 28.9 Å². The van der Waals surface area contributed by atoms with E-state index in [4.69, 9.17) is 10.5 Å². The first-order chi connectivity index (χ1) is 9.52. The van der Waals surface area contributed by atoms with Gasteiger partial charge < -0.3 is 15.6 Å². The molecule has 3 N–H and O–H groups in total. The number of benzene rings is 1. The molecule has 0 spiro atoms. The number of rotatable bonds is 3. The maximum absolute atomic E-state index is 12.1. The zero-order valence-electron chi connectivity index (χ0n) is 11.7. The van der Waals surface area contributed by atoms with E-state index in [1.807, 2.05) is 0 Å². The number of thioether (sulfide) groups is 1. The molecule has 114 valence electrons. The van der Waals surface area contributed by atoms with Crippen molar-refractivity contribution in [3.8, 4) is 5.75 Å². The third-order valence-electron chi connectivity index (χ3n) is 2.76. The molecule has 5 nitrogen and oxygen atoms in total. The number of nitrogens with two attached hydrogens (primary N) is 1. The number of phenols is 1. The summed E-state index contributed by atoms with van der Waals surface area (Å²) in [6.45, 7) is 3.80. The fourth-order valence-corrected chi connectivity index (χ4v) is 2.97. The van der Waals surface area contributed by atoms with Gasteiger partial charge in [-0.25, -0.2) is 4.79 Å². The van der Waals surface area contributed by atoms with Gasteiger partial charge in [-0.1, -0.05) is 23.9 Å². The van der Waals surface area contributed by atoms with Gasteiger partial charge in [-0.2, -0.15) is 0 Å². The van der Waals surface area contributed by atoms with Crippen molar-refractivity contribution in [2.45, 2.75) is 19.3 Å². The van der Waals surface area contributed by atoms with Gasteiger partial charge in [-0.05, 0) is 31.5 Å². The van der Waals surface area contributed by atoms with Gasteiger partial charge in [0.2, 0.25) is 0 Å². The lowest BCUT2D eigenvalue weighted by Gasteiger charge is -2.21. The Labute approximate surface area is 133 Å². The van der Waals surface area contributed by atoms with Gasteiger partial charge in [0.15, 0.2) is 0 Å². The number of carbonyl (C=O) groups is 1. The summed E-state index contributed by atoms with van der Waals surface area (Å²) in [4.78, 5) is 17.0. The summed E-state index contributed by atoms with van der Waals surface area (Å²) in [5.41, 5.74) is 7.22. The molecular weight excluding hydrogens is 312 g/mol. The quantitative estimate of drug-likeness (QED) is 0.833. The van der Waals surface area contributed by atoms with Gasteiger partial charge in [-0.15, -0.1) is 12.4 Å². The molecule has 0 saturated carbocycles. The SMILES string of the molecule is CCOC(=O)C1=C(c2ccc(O)cc2)SC(N)N=C1C.Cl. The van der Waals surface area contributed by atoms with Crippen LogP contribution >= 0.6 is 24.2 Å². The lowest BCUT2D eigenvalue weighted by Crippen LogP contribution is -2.24. The Morgan fingerprint density at radius 3 is 2.62 bits per heavy atom. The predicted octanol–water partition coefficient (Wildman–Crippen LogP) is 2.54. The molecule has 0 aliphatic carbocycles. The first kappa shape index (κ1) is 17.6. The Morgan fingerprint density at radius 2 is 2.05 bits per heavy atom. The molecule has 1 aromatic rings. The number of phenolic OH excluding ortho intramolecular Hbond substituents is 1. The fourth-order valence-electron chi connectivity index (χ4n) is 1.89. The number of hydrogen-bond acceptors (Lipinski definition) is 6. The number of hydrogen-bond donors (Lipinski definition) is 2. The van der Waals surface area contributed by atoms with Gasteiger partial charge in [0.25, 0.3) is 0 Å². The Hall–Kier alpha value is -1.50. The summed E-state index contributed by atoms with van der Waals surface area (Å²) in [6.07, 6.45) is 0. The van der Waals surface area contributed by atoms with Crippen LogP contribution in [0.5, 0.6) is 5.75 Å². The molecule has 2 rings (SSSR count). The van der Waals surface area contributed by atoms with E-state index in [0.29, 0.717) is 17.9 Å². The third-order valence-corrected chi connectivity index (χ3v) is 3.78. The zero-order valence-corrected chi connectivity index (χ0v) is 13.3. The molecule has 1 aromatic carbocycles. The summed E-state index contributed by atoms with van der Waals surface area (Å²) in [5.74, 6) is -0.237. The summed E-state index contributed by atoms with van der Waals surface area (Å²) >= 11 is 1.30. The number of aliphatic imine (C=N–C) groups is 1. The van der Waals surface area contributed by atoms with E-state index in [0.717, 1.165) is 10.5 Å². The van der Waals surface area contributed by atoms with Crippen molar-refractivity contribution in [1.29, 1.82) is 0 Å². The molecule has 0 aromatic heterocycles. The standard InChI is InChI=1S/C14H16N2O3S.ClH/c1-3-19-13(18)11-8(2)16-14(15)20-12(11)9-4-6-10(17)7-5-9;/h4-7,14,17H,3,15H2,1-2H3;1H. The smallest absolute Gasteiger partial charge is 0.341 e. The van der Waals surface area contributed by atoms with E-state index >= 15 is 0 Å². The minimum atomic E-state index is -0.447. The molecule has 0 fully saturated rings. The molecule has 1 atom stereocenters. The summed E-state index contributed by atoms with van der Waals surface area (Å²) in [5, 5.41) is 9.36. The molecule has 1 heterocycles. The van der Waals surface area contributed by atoms with Crippen LogP contribution < -0.4 is 5.73 Å². The van der Waals surface area contributed by atoms with Crippen molar-refractivity contribution in [2.75, 3.05) is 6.61 Å². The third kappa shape index (κ3) is 4.00. The van der Waals surface area contributed by atoms with E-state index in [1.165, 1.54) is 11.8 Å². The van der Waals surface area contributed by atoms with Gasteiger partial charge in [0.05, 0.1) is 17.9 Å². The first-order valence-corrected chi connectivity index (χ1v) is 7.08. The fraction of sp³-hybridized carbons (Fsp3) is 0.286. The number of ether oxygens (including phenoxy) is 1.